The third kappa shape index (κ3) is 2.54. The Kier molecular flexibility index (Phi) is 3.58. The highest BCUT2D eigenvalue weighted by Gasteiger charge is 2.17. The van der Waals surface area contributed by atoms with E-state index >= 15 is 0 Å². The van der Waals surface area contributed by atoms with Gasteiger partial charge in [-0.25, -0.2) is 9.78 Å². The topological polar surface area (TPSA) is 76.1 Å². The Morgan fingerprint density at radius 1 is 1.32 bits per heavy atom. The maximum Gasteiger partial charge on any atom is 0.340 e. The summed E-state index contributed by atoms with van der Waals surface area (Å²) < 4.78 is 10.4. The van der Waals surface area contributed by atoms with Crippen molar-refractivity contribution in [3.8, 4) is 17.5 Å². The van der Waals surface area contributed by atoms with Crippen LogP contribution in [0, 0.1) is 11.3 Å². The number of nitrogens with zero attached hydrogens (tertiary/aromatic N) is 2. The van der Waals surface area contributed by atoms with Crippen LogP contribution in [0.5, 0.6) is 0 Å². The average Bonchev–Trinajstić information content (AvgIpc) is 3.08. The Labute approximate surface area is 126 Å². The van der Waals surface area contributed by atoms with Gasteiger partial charge in [-0.1, -0.05) is 18.2 Å². The van der Waals surface area contributed by atoms with Crippen LogP contribution in [0.15, 0.2) is 53.1 Å². The Morgan fingerprint density at radius 2 is 2.14 bits per heavy atom. The summed E-state index contributed by atoms with van der Waals surface area (Å²) in [4.78, 5) is 16.8. The van der Waals surface area contributed by atoms with Crippen LogP contribution < -0.4 is 0 Å². The first-order valence-electron chi connectivity index (χ1n) is 6.73. The minimum Gasteiger partial charge on any atom is -0.463 e. The van der Waals surface area contributed by atoms with Gasteiger partial charge in [0.25, 0.3) is 0 Å². The van der Waals surface area contributed by atoms with E-state index in [1.165, 1.54) is 6.92 Å². The van der Waals surface area contributed by atoms with Crippen LogP contribution in [0.4, 0.5) is 0 Å². The number of rotatable bonds is 3. The molecule has 0 spiro atoms. The van der Waals surface area contributed by atoms with Crippen molar-refractivity contribution in [1.29, 1.82) is 5.26 Å². The van der Waals surface area contributed by atoms with Gasteiger partial charge in [-0.15, -0.1) is 0 Å². The summed E-state index contributed by atoms with van der Waals surface area (Å²) in [6, 6.07) is 14.3. The number of hydrogen-bond donors (Lipinski definition) is 0. The van der Waals surface area contributed by atoms with Gasteiger partial charge in [0.1, 0.15) is 11.8 Å². The van der Waals surface area contributed by atoms with Crippen LogP contribution in [0.3, 0.4) is 0 Å². The molecule has 1 aromatic carbocycles. The SMILES string of the molecule is C[C@@H](C#N)OC(=O)c1cc(-c2ccco2)nc2ccccc12. The van der Waals surface area contributed by atoms with Gasteiger partial charge in [-0.05, 0) is 31.2 Å². The van der Waals surface area contributed by atoms with E-state index in [0.29, 0.717) is 27.9 Å². The van der Waals surface area contributed by atoms with Crippen LogP contribution in [0.25, 0.3) is 22.4 Å². The van der Waals surface area contributed by atoms with Gasteiger partial charge in [0.15, 0.2) is 11.9 Å². The van der Waals surface area contributed by atoms with Gasteiger partial charge < -0.3 is 9.15 Å². The molecule has 108 valence electrons. The largest absolute Gasteiger partial charge is 0.463 e. The van der Waals surface area contributed by atoms with Crippen molar-refractivity contribution in [2.45, 2.75) is 13.0 Å². The molecule has 5 heteroatoms. The number of pyridine rings is 1. The second kappa shape index (κ2) is 5.70. The molecule has 0 bridgehead atoms. The van der Waals surface area contributed by atoms with Crippen molar-refractivity contribution in [3.63, 3.8) is 0 Å². The van der Waals surface area contributed by atoms with E-state index in [1.54, 1.807) is 30.5 Å². The lowest BCUT2D eigenvalue weighted by Gasteiger charge is -2.10. The third-order valence-electron chi connectivity index (χ3n) is 3.18. The lowest BCUT2D eigenvalue weighted by atomic mass is 10.1. The molecule has 5 nitrogen and oxygen atoms in total. The molecule has 0 unspecified atom stereocenters. The van der Waals surface area contributed by atoms with Crippen molar-refractivity contribution in [3.05, 3.63) is 54.3 Å². The number of benzene rings is 1. The van der Waals surface area contributed by atoms with Crippen molar-refractivity contribution < 1.29 is 13.9 Å². The van der Waals surface area contributed by atoms with Crippen LogP contribution in [0.1, 0.15) is 17.3 Å². The minimum absolute atomic E-state index is 0.360. The minimum atomic E-state index is -0.813. The molecule has 3 rings (SSSR count). The molecule has 0 saturated heterocycles. The fourth-order valence-corrected chi connectivity index (χ4v) is 2.15. The molecule has 1 atom stereocenters. The maximum absolute atomic E-state index is 12.3. The summed E-state index contributed by atoms with van der Waals surface area (Å²) in [5.74, 6) is 0.00795. The number of aromatic nitrogens is 1. The molecule has 0 fully saturated rings. The lowest BCUT2D eigenvalue weighted by molar-refractivity contribution is 0.0438. The van der Waals surface area contributed by atoms with E-state index in [-0.39, 0.29) is 0 Å². The van der Waals surface area contributed by atoms with Crippen LogP contribution in [-0.2, 0) is 4.74 Å². The summed E-state index contributed by atoms with van der Waals surface area (Å²) in [5.41, 5.74) is 1.56. The highest BCUT2D eigenvalue weighted by molar-refractivity contribution is 6.04. The predicted molar refractivity (Wildman–Crippen MR) is 79.9 cm³/mol. The zero-order chi connectivity index (χ0) is 15.5. The number of hydrogen-bond acceptors (Lipinski definition) is 5. The van der Waals surface area contributed by atoms with E-state index in [0.717, 1.165) is 0 Å². The number of esters is 1. The van der Waals surface area contributed by atoms with Gasteiger partial charge in [-0.3, -0.25) is 0 Å². The maximum atomic E-state index is 12.3. The van der Waals surface area contributed by atoms with Crippen LogP contribution >= 0.6 is 0 Å². The zero-order valence-corrected chi connectivity index (χ0v) is 11.8. The van der Waals surface area contributed by atoms with Crippen molar-refractivity contribution >= 4 is 16.9 Å². The highest BCUT2D eigenvalue weighted by Crippen LogP contribution is 2.25. The van der Waals surface area contributed by atoms with Crippen molar-refractivity contribution in [1.82, 2.24) is 4.98 Å². The van der Waals surface area contributed by atoms with Gasteiger partial charge in [0.05, 0.1) is 17.3 Å². The third-order valence-corrected chi connectivity index (χ3v) is 3.18. The van der Waals surface area contributed by atoms with Gasteiger partial charge in [0.2, 0.25) is 0 Å². The summed E-state index contributed by atoms with van der Waals surface area (Å²) in [7, 11) is 0. The number of carbonyl (C=O) groups excluding carboxylic acids is 1. The molecular weight excluding hydrogens is 280 g/mol. The molecule has 3 aromatic rings. The monoisotopic (exact) mass is 292 g/mol. The second-order valence-corrected chi connectivity index (χ2v) is 4.73. The van der Waals surface area contributed by atoms with Crippen LogP contribution in [-0.4, -0.2) is 17.1 Å². The molecule has 22 heavy (non-hydrogen) atoms. The fourth-order valence-electron chi connectivity index (χ4n) is 2.15. The van der Waals surface area contributed by atoms with Gasteiger partial charge in [0, 0.05) is 5.39 Å². The smallest absolute Gasteiger partial charge is 0.340 e. The van der Waals surface area contributed by atoms with E-state index in [9.17, 15) is 4.79 Å². The molecule has 0 aliphatic heterocycles. The van der Waals surface area contributed by atoms with Crippen LogP contribution in [0.2, 0.25) is 0 Å². The normalized spacial score (nSPS) is 11.8. The first kappa shape index (κ1) is 13.8. The first-order valence-corrected chi connectivity index (χ1v) is 6.73. The molecule has 0 amide bonds. The second-order valence-electron chi connectivity index (χ2n) is 4.73. The predicted octanol–water partition coefficient (Wildman–Crippen LogP) is 3.56. The highest BCUT2D eigenvalue weighted by atomic mass is 16.5. The van der Waals surface area contributed by atoms with E-state index < -0.39 is 12.1 Å². The van der Waals surface area contributed by atoms with E-state index in [1.807, 2.05) is 24.3 Å². The number of nitriles is 1. The molecule has 0 aliphatic rings. The molecule has 2 heterocycles. The fraction of sp³-hybridized carbons (Fsp3) is 0.118. The zero-order valence-electron chi connectivity index (χ0n) is 11.8. The summed E-state index contributed by atoms with van der Waals surface area (Å²) in [6.45, 7) is 1.52. The number of para-hydroxylation sites is 1. The lowest BCUT2D eigenvalue weighted by Crippen LogP contribution is -2.13. The Hall–Kier alpha value is -3.13. The van der Waals surface area contributed by atoms with E-state index in [2.05, 4.69) is 4.98 Å². The molecule has 2 aromatic heterocycles. The Balaban J connectivity index is 2.15. The summed E-state index contributed by atoms with van der Waals surface area (Å²) in [6.07, 6.45) is 0.730. The number of furan rings is 1. The molecule has 0 aliphatic carbocycles. The van der Waals surface area contributed by atoms with Gasteiger partial charge in [-0.2, -0.15) is 5.26 Å². The average molecular weight is 292 g/mol. The summed E-state index contributed by atoms with van der Waals surface area (Å²) in [5, 5.41) is 9.47. The quantitative estimate of drug-likeness (QED) is 0.690. The van der Waals surface area contributed by atoms with E-state index in [4.69, 9.17) is 14.4 Å². The molecule has 0 saturated carbocycles. The number of ether oxygens (including phenoxy) is 1. The Morgan fingerprint density at radius 3 is 2.86 bits per heavy atom. The molecule has 0 radical (unpaired) electrons. The number of carbonyl (C=O) groups is 1. The number of fused-ring (bicyclic) bond motifs is 1. The van der Waals surface area contributed by atoms with Gasteiger partial charge >= 0.3 is 5.97 Å². The summed E-state index contributed by atoms with van der Waals surface area (Å²) >= 11 is 0. The molecular formula is C17H12N2O3. The van der Waals surface area contributed by atoms with Crippen molar-refractivity contribution in [2.24, 2.45) is 0 Å². The Bertz CT molecular complexity index is 863. The standard InChI is InChI=1S/C17H12N2O3/c1-11(10-18)22-17(20)13-9-15(16-7-4-8-21-16)19-14-6-3-2-5-12(13)14/h2-9,11H,1H3/t11-/m0/s1. The first-order chi connectivity index (χ1) is 10.7. The van der Waals surface area contributed by atoms with Crippen molar-refractivity contribution in [2.75, 3.05) is 0 Å². The molecule has 0 N–H and O–H groups in total.